The van der Waals surface area contributed by atoms with Gasteiger partial charge in [0, 0.05) is 20.3 Å². The van der Waals surface area contributed by atoms with Crippen LogP contribution in [0.4, 0.5) is 5.69 Å². The Hall–Kier alpha value is -0.820. The van der Waals surface area contributed by atoms with Gasteiger partial charge in [0.05, 0.1) is 10.7 Å². The highest BCUT2D eigenvalue weighted by atomic mass is 35.5. The van der Waals surface area contributed by atoms with E-state index in [4.69, 9.17) is 22.1 Å². The maximum absolute atomic E-state index is 12.1. The second kappa shape index (κ2) is 7.69. The first-order chi connectivity index (χ1) is 8.99. The molecule has 1 aromatic rings. The number of benzene rings is 1. The molecule has 7 heteroatoms. The van der Waals surface area contributed by atoms with Crippen LogP contribution < -0.4 is 10.5 Å². The quantitative estimate of drug-likeness (QED) is 0.568. The third kappa shape index (κ3) is 4.99. The van der Waals surface area contributed by atoms with E-state index in [0.717, 1.165) is 19.3 Å². The van der Waals surface area contributed by atoms with E-state index < -0.39 is 10.0 Å². The van der Waals surface area contributed by atoms with E-state index in [9.17, 15) is 8.42 Å². The first kappa shape index (κ1) is 16.2. The summed E-state index contributed by atoms with van der Waals surface area (Å²) in [4.78, 5) is -0.0476. The van der Waals surface area contributed by atoms with Crippen molar-refractivity contribution in [2.75, 3.05) is 26.0 Å². The lowest BCUT2D eigenvalue weighted by molar-refractivity contribution is 0.192. The Kier molecular flexibility index (Phi) is 6.57. The maximum Gasteiger partial charge on any atom is 0.244 e. The lowest BCUT2D eigenvalue weighted by Crippen LogP contribution is -2.26. The monoisotopic (exact) mass is 306 g/mol. The van der Waals surface area contributed by atoms with Crippen LogP contribution in [0.15, 0.2) is 23.1 Å². The number of nitrogens with two attached hydrogens (primary N) is 1. The third-order valence-corrected chi connectivity index (χ3v) is 4.59. The van der Waals surface area contributed by atoms with Crippen molar-refractivity contribution in [3.05, 3.63) is 23.2 Å². The summed E-state index contributed by atoms with van der Waals surface area (Å²) < 4.78 is 31.5. The van der Waals surface area contributed by atoms with Gasteiger partial charge in [-0.05, 0) is 31.4 Å². The van der Waals surface area contributed by atoms with Crippen LogP contribution in [0, 0.1) is 0 Å². The summed E-state index contributed by atoms with van der Waals surface area (Å²) >= 11 is 5.88. The van der Waals surface area contributed by atoms with Gasteiger partial charge >= 0.3 is 0 Å². The van der Waals surface area contributed by atoms with Crippen LogP contribution in [-0.2, 0) is 14.8 Å². The lowest BCUT2D eigenvalue weighted by Gasteiger charge is -2.10. The molecule has 1 aromatic carbocycles. The minimum atomic E-state index is -3.65. The van der Waals surface area contributed by atoms with Gasteiger partial charge in [-0.15, -0.1) is 0 Å². The summed E-state index contributed by atoms with van der Waals surface area (Å²) in [6.07, 6.45) is 2.55. The Labute approximate surface area is 119 Å². The minimum Gasteiger partial charge on any atom is -0.398 e. The summed E-state index contributed by atoms with van der Waals surface area (Å²) in [5, 5.41) is 0.131. The summed E-state index contributed by atoms with van der Waals surface area (Å²) in [6.45, 7) is 1.04. The number of nitrogens with one attached hydrogen (secondary N) is 1. The van der Waals surface area contributed by atoms with Crippen molar-refractivity contribution in [1.29, 1.82) is 0 Å². The van der Waals surface area contributed by atoms with Gasteiger partial charge in [0.1, 0.15) is 4.90 Å². The summed E-state index contributed by atoms with van der Waals surface area (Å²) in [6, 6.07) is 4.63. The molecule has 0 aliphatic heterocycles. The first-order valence-corrected chi connectivity index (χ1v) is 7.87. The summed E-state index contributed by atoms with van der Waals surface area (Å²) in [7, 11) is -2.01. The Morgan fingerprint density at radius 1 is 1.32 bits per heavy atom. The molecule has 0 unspecified atom stereocenters. The van der Waals surface area contributed by atoms with Crippen molar-refractivity contribution in [2.45, 2.75) is 24.2 Å². The molecular formula is C12H19ClN2O3S. The normalized spacial score (nSPS) is 11.7. The molecular weight excluding hydrogens is 288 g/mol. The summed E-state index contributed by atoms with van der Waals surface area (Å²) in [5.74, 6) is 0. The molecule has 0 radical (unpaired) electrons. The van der Waals surface area contributed by atoms with Gasteiger partial charge < -0.3 is 10.5 Å². The van der Waals surface area contributed by atoms with Crippen molar-refractivity contribution >= 4 is 27.3 Å². The highest BCUT2D eigenvalue weighted by Crippen LogP contribution is 2.26. The molecule has 0 saturated heterocycles. The molecule has 0 spiro atoms. The number of nitrogen functional groups attached to an aromatic ring is 1. The number of ether oxygens (including phenoxy) is 1. The molecule has 0 saturated carbocycles. The van der Waals surface area contributed by atoms with E-state index in [1.54, 1.807) is 13.2 Å². The maximum atomic E-state index is 12.1. The average molecular weight is 307 g/mol. The minimum absolute atomic E-state index is 0.0476. The lowest BCUT2D eigenvalue weighted by atomic mass is 10.2. The molecule has 5 nitrogen and oxygen atoms in total. The van der Waals surface area contributed by atoms with E-state index in [1.165, 1.54) is 12.1 Å². The van der Waals surface area contributed by atoms with Crippen molar-refractivity contribution < 1.29 is 13.2 Å². The van der Waals surface area contributed by atoms with Crippen LogP contribution in [0.5, 0.6) is 0 Å². The fraction of sp³-hybridized carbons (Fsp3) is 0.500. The fourth-order valence-electron chi connectivity index (χ4n) is 1.64. The smallest absolute Gasteiger partial charge is 0.244 e. The first-order valence-electron chi connectivity index (χ1n) is 6.01. The molecule has 0 bridgehead atoms. The topological polar surface area (TPSA) is 81.4 Å². The SMILES string of the molecule is COCCCCCNS(=O)(=O)c1c(N)cccc1Cl. The zero-order valence-electron chi connectivity index (χ0n) is 10.9. The fourth-order valence-corrected chi connectivity index (χ4v) is 3.38. The Morgan fingerprint density at radius 3 is 2.68 bits per heavy atom. The number of anilines is 1. The number of rotatable bonds is 8. The third-order valence-electron chi connectivity index (χ3n) is 2.58. The zero-order valence-corrected chi connectivity index (χ0v) is 12.4. The molecule has 108 valence electrons. The number of unbranched alkanes of at least 4 members (excludes halogenated alkanes) is 2. The number of halogens is 1. The highest BCUT2D eigenvalue weighted by Gasteiger charge is 2.20. The van der Waals surface area contributed by atoms with Crippen LogP contribution in [0.1, 0.15) is 19.3 Å². The van der Waals surface area contributed by atoms with Crippen molar-refractivity contribution in [2.24, 2.45) is 0 Å². The Morgan fingerprint density at radius 2 is 2.05 bits per heavy atom. The molecule has 1 rings (SSSR count). The van der Waals surface area contributed by atoms with Crippen molar-refractivity contribution in [3.63, 3.8) is 0 Å². The zero-order chi connectivity index (χ0) is 14.3. The van der Waals surface area contributed by atoms with E-state index in [1.807, 2.05) is 0 Å². The number of sulfonamides is 1. The van der Waals surface area contributed by atoms with Crippen molar-refractivity contribution in [1.82, 2.24) is 4.72 Å². The largest absolute Gasteiger partial charge is 0.398 e. The van der Waals surface area contributed by atoms with Crippen LogP contribution in [0.2, 0.25) is 5.02 Å². The number of hydrogen-bond acceptors (Lipinski definition) is 4. The van der Waals surface area contributed by atoms with Crippen LogP contribution in [0.25, 0.3) is 0 Å². The van der Waals surface area contributed by atoms with Gasteiger partial charge in [0.2, 0.25) is 10.0 Å². The highest BCUT2D eigenvalue weighted by molar-refractivity contribution is 7.89. The average Bonchev–Trinajstić information content (AvgIpc) is 2.33. The molecule has 19 heavy (non-hydrogen) atoms. The number of methoxy groups -OCH3 is 1. The molecule has 0 heterocycles. The molecule has 0 aliphatic rings. The van der Waals surface area contributed by atoms with Gasteiger partial charge in [0.15, 0.2) is 0 Å². The van der Waals surface area contributed by atoms with E-state index in [-0.39, 0.29) is 15.6 Å². The molecule has 0 amide bonds. The van der Waals surface area contributed by atoms with Gasteiger partial charge in [-0.25, -0.2) is 13.1 Å². The second-order valence-electron chi connectivity index (χ2n) is 4.11. The molecule has 0 atom stereocenters. The van der Waals surface area contributed by atoms with Gasteiger partial charge in [0.25, 0.3) is 0 Å². The van der Waals surface area contributed by atoms with Gasteiger partial charge in [-0.3, -0.25) is 0 Å². The molecule has 0 aromatic heterocycles. The molecule has 3 N–H and O–H groups in total. The summed E-state index contributed by atoms with van der Waals surface area (Å²) in [5.41, 5.74) is 5.81. The van der Waals surface area contributed by atoms with E-state index >= 15 is 0 Å². The van der Waals surface area contributed by atoms with Gasteiger partial charge in [-0.2, -0.15) is 0 Å². The predicted octanol–water partition coefficient (Wildman–Crippen LogP) is 2.02. The van der Waals surface area contributed by atoms with E-state index in [2.05, 4.69) is 4.72 Å². The van der Waals surface area contributed by atoms with Crippen LogP contribution in [0.3, 0.4) is 0 Å². The Bertz CT molecular complexity index is 485. The number of hydrogen-bond donors (Lipinski definition) is 2. The Balaban J connectivity index is 2.57. The second-order valence-corrected chi connectivity index (χ2v) is 6.22. The molecule has 0 fully saturated rings. The van der Waals surface area contributed by atoms with E-state index in [0.29, 0.717) is 13.2 Å². The van der Waals surface area contributed by atoms with Gasteiger partial charge in [-0.1, -0.05) is 17.7 Å². The molecule has 0 aliphatic carbocycles. The van der Waals surface area contributed by atoms with Crippen LogP contribution in [-0.4, -0.2) is 28.7 Å². The van der Waals surface area contributed by atoms with Crippen molar-refractivity contribution in [3.8, 4) is 0 Å². The van der Waals surface area contributed by atoms with Crippen LogP contribution >= 0.6 is 11.6 Å². The predicted molar refractivity (Wildman–Crippen MR) is 76.8 cm³/mol. The standard InChI is InChI=1S/C12H19ClN2O3S/c1-18-9-4-2-3-8-15-19(16,17)12-10(13)6-5-7-11(12)14/h5-7,15H,2-4,8-9,14H2,1H3.